The number of carbonyl (C=O) groups is 1. The molecule has 0 saturated heterocycles. The molecule has 0 spiro atoms. The second-order valence-electron chi connectivity index (χ2n) is 3.95. The maximum Gasteiger partial charge on any atom is 0.335 e. The number of carboxylic acid groups (broad SMARTS) is 1. The summed E-state index contributed by atoms with van der Waals surface area (Å²) in [5.74, 6) is -0.898. The molecule has 0 fully saturated rings. The van der Waals surface area contributed by atoms with Gasteiger partial charge in [0.15, 0.2) is 0 Å². The van der Waals surface area contributed by atoms with Crippen LogP contribution >= 0.6 is 0 Å². The van der Waals surface area contributed by atoms with Crippen LogP contribution in [0.2, 0.25) is 0 Å². The van der Waals surface area contributed by atoms with Crippen molar-refractivity contribution in [3.63, 3.8) is 0 Å². The number of aliphatic hydroxyl groups excluding tert-OH is 1. The Bertz CT molecular complexity index is 365. The van der Waals surface area contributed by atoms with E-state index < -0.39 is 5.97 Å². The first kappa shape index (κ1) is 13.7. The van der Waals surface area contributed by atoms with Crippen molar-refractivity contribution in [2.45, 2.75) is 19.9 Å². The van der Waals surface area contributed by atoms with Crippen LogP contribution in [-0.4, -0.2) is 40.8 Å². The third-order valence-corrected chi connectivity index (χ3v) is 2.66. The first-order valence-corrected chi connectivity index (χ1v) is 5.82. The van der Waals surface area contributed by atoms with Crippen molar-refractivity contribution in [1.29, 1.82) is 0 Å². The van der Waals surface area contributed by atoms with Crippen molar-refractivity contribution in [3.05, 3.63) is 35.4 Å². The quantitative estimate of drug-likeness (QED) is 0.756. The smallest absolute Gasteiger partial charge is 0.335 e. The predicted octanol–water partition coefficient (Wildman–Crippen LogP) is 1.59. The van der Waals surface area contributed by atoms with Gasteiger partial charge in [0.2, 0.25) is 0 Å². The Morgan fingerprint density at radius 3 is 2.76 bits per heavy atom. The summed E-state index contributed by atoms with van der Waals surface area (Å²) >= 11 is 0. The number of nitrogens with zero attached hydrogens (tertiary/aromatic N) is 1. The molecule has 0 unspecified atom stereocenters. The first-order chi connectivity index (χ1) is 8.17. The summed E-state index contributed by atoms with van der Waals surface area (Å²) in [5.41, 5.74) is 1.31. The highest BCUT2D eigenvalue weighted by atomic mass is 16.4. The van der Waals surface area contributed by atoms with Crippen molar-refractivity contribution in [2.75, 3.05) is 19.7 Å². The first-order valence-electron chi connectivity index (χ1n) is 5.82. The van der Waals surface area contributed by atoms with Crippen LogP contribution in [0.5, 0.6) is 0 Å². The summed E-state index contributed by atoms with van der Waals surface area (Å²) in [7, 11) is 0. The lowest BCUT2D eigenvalue weighted by Crippen LogP contribution is -2.24. The van der Waals surface area contributed by atoms with Gasteiger partial charge in [0.1, 0.15) is 0 Å². The van der Waals surface area contributed by atoms with Gasteiger partial charge in [-0.3, -0.25) is 4.90 Å². The van der Waals surface area contributed by atoms with Gasteiger partial charge in [-0.1, -0.05) is 19.1 Å². The van der Waals surface area contributed by atoms with E-state index in [-0.39, 0.29) is 6.61 Å². The van der Waals surface area contributed by atoms with E-state index in [4.69, 9.17) is 10.2 Å². The molecular formula is C13H19NO3. The van der Waals surface area contributed by atoms with Gasteiger partial charge < -0.3 is 10.2 Å². The lowest BCUT2D eigenvalue weighted by Gasteiger charge is -2.20. The minimum Gasteiger partial charge on any atom is -0.478 e. The summed E-state index contributed by atoms with van der Waals surface area (Å²) in [6.45, 7) is 4.67. The molecule has 0 amide bonds. The van der Waals surface area contributed by atoms with E-state index in [2.05, 4.69) is 11.8 Å². The molecule has 0 saturated carbocycles. The highest BCUT2D eigenvalue weighted by Crippen LogP contribution is 2.08. The molecule has 1 aromatic carbocycles. The van der Waals surface area contributed by atoms with Crippen LogP contribution in [0.15, 0.2) is 24.3 Å². The molecular weight excluding hydrogens is 218 g/mol. The average molecular weight is 237 g/mol. The minimum absolute atomic E-state index is 0.186. The van der Waals surface area contributed by atoms with Crippen LogP contribution in [0, 0.1) is 0 Å². The van der Waals surface area contributed by atoms with Crippen LogP contribution in [-0.2, 0) is 6.54 Å². The zero-order valence-corrected chi connectivity index (χ0v) is 10.1. The lowest BCUT2D eigenvalue weighted by molar-refractivity contribution is 0.0696. The number of aliphatic hydroxyl groups is 1. The van der Waals surface area contributed by atoms with E-state index in [9.17, 15) is 4.79 Å². The van der Waals surface area contributed by atoms with Gasteiger partial charge in [-0.15, -0.1) is 0 Å². The molecule has 0 heterocycles. The highest BCUT2D eigenvalue weighted by molar-refractivity contribution is 5.87. The monoisotopic (exact) mass is 237 g/mol. The molecule has 0 aliphatic carbocycles. The second kappa shape index (κ2) is 7.04. The van der Waals surface area contributed by atoms with Gasteiger partial charge in [0.05, 0.1) is 5.56 Å². The third kappa shape index (κ3) is 4.54. The van der Waals surface area contributed by atoms with Crippen LogP contribution in [0.25, 0.3) is 0 Å². The number of rotatable bonds is 7. The molecule has 4 nitrogen and oxygen atoms in total. The van der Waals surface area contributed by atoms with Gasteiger partial charge in [0.25, 0.3) is 0 Å². The molecule has 0 atom stereocenters. The van der Waals surface area contributed by atoms with Gasteiger partial charge >= 0.3 is 5.97 Å². The standard InChI is InChI=1S/C13H19NO3/c1-2-14(7-4-8-15)10-11-5-3-6-12(9-11)13(16)17/h3,5-6,9,15H,2,4,7-8,10H2,1H3,(H,16,17). The van der Waals surface area contributed by atoms with E-state index in [1.54, 1.807) is 18.2 Å². The zero-order chi connectivity index (χ0) is 12.7. The molecule has 2 N–H and O–H groups in total. The third-order valence-electron chi connectivity index (χ3n) is 2.66. The largest absolute Gasteiger partial charge is 0.478 e. The van der Waals surface area contributed by atoms with Crippen LogP contribution in [0.4, 0.5) is 0 Å². The second-order valence-corrected chi connectivity index (χ2v) is 3.95. The maximum absolute atomic E-state index is 10.8. The summed E-state index contributed by atoms with van der Waals surface area (Å²) in [6, 6.07) is 6.98. The SMILES string of the molecule is CCN(CCCO)Cc1cccc(C(=O)O)c1. The molecule has 0 aliphatic heterocycles. The zero-order valence-electron chi connectivity index (χ0n) is 10.1. The molecule has 0 aromatic heterocycles. The Morgan fingerprint density at radius 1 is 1.41 bits per heavy atom. The van der Waals surface area contributed by atoms with E-state index in [1.165, 1.54) is 0 Å². The fourth-order valence-corrected chi connectivity index (χ4v) is 1.70. The molecule has 17 heavy (non-hydrogen) atoms. The molecule has 4 heteroatoms. The predicted molar refractivity (Wildman–Crippen MR) is 66.1 cm³/mol. The normalized spacial score (nSPS) is 10.8. The van der Waals surface area contributed by atoms with Crippen molar-refractivity contribution in [2.24, 2.45) is 0 Å². The Kier molecular flexibility index (Phi) is 5.66. The van der Waals surface area contributed by atoms with E-state index >= 15 is 0 Å². The van der Waals surface area contributed by atoms with Gasteiger partial charge in [-0.2, -0.15) is 0 Å². The van der Waals surface area contributed by atoms with Crippen molar-refractivity contribution < 1.29 is 15.0 Å². The van der Waals surface area contributed by atoms with Crippen LogP contribution in [0.3, 0.4) is 0 Å². The summed E-state index contributed by atoms with van der Waals surface area (Å²) in [6.07, 6.45) is 0.743. The van der Waals surface area contributed by atoms with E-state index in [1.807, 2.05) is 6.07 Å². The Hall–Kier alpha value is -1.39. The maximum atomic E-state index is 10.8. The van der Waals surface area contributed by atoms with E-state index in [0.29, 0.717) is 5.56 Å². The Morgan fingerprint density at radius 2 is 2.18 bits per heavy atom. The van der Waals surface area contributed by atoms with Crippen LogP contribution < -0.4 is 0 Å². The number of benzene rings is 1. The van der Waals surface area contributed by atoms with Crippen molar-refractivity contribution in [1.82, 2.24) is 4.90 Å². The van der Waals surface area contributed by atoms with Crippen LogP contribution in [0.1, 0.15) is 29.3 Å². The fourth-order valence-electron chi connectivity index (χ4n) is 1.70. The summed E-state index contributed by atoms with van der Waals surface area (Å²) < 4.78 is 0. The van der Waals surface area contributed by atoms with Gasteiger partial charge in [-0.05, 0) is 30.7 Å². The Labute approximate surface area is 101 Å². The molecule has 1 aromatic rings. The highest BCUT2D eigenvalue weighted by Gasteiger charge is 2.06. The number of aromatic carboxylic acids is 1. The molecule has 94 valence electrons. The molecule has 0 aliphatic rings. The molecule has 0 radical (unpaired) electrons. The molecule has 1 rings (SSSR count). The number of hydrogen-bond donors (Lipinski definition) is 2. The van der Waals surface area contributed by atoms with E-state index in [0.717, 1.165) is 31.6 Å². The average Bonchev–Trinajstić information content (AvgIpc) is 2.34. The lowest BCUT2D eigenvalue weighted by atomic mass is 10.1. The van der Waals surface area contributed by atoms with Crippen molar-refractivity contribution in [3.8, 4) is 0 Å². The fraction of sp³-hybridized carbons (Fsp3) is 0.462. The molecule has 0 bridgehead atoms. The Balaban J connectivity index is 2.65. The van der Waals surface area contributed by atoms with Gasteiger partial charge in [-0.25, -0.2) is 4.79 Å². The number of carboxylic acids is 1. The topological polar surface area (TPSA) is 60.8 Å². The van der Waals surface area contributed by atoms with Gasteiger partial charge in [0, 0.05) is 19.7 Å². The number of hydrogen-bond acceptors (Lipinski definition) is 3. The minimum atomic E-state index is -0.898. The summed E-state index contributed by atoms with van der Waals surface area (Å²) in [5, 5.41) is 17.7. The van der Waals surface area contributed by atoms with Crippen molar-refractivity contribution >= 4 is 5.97 Å². The summed E-state index contributed by atoms with van der Waals surface area (Å²) in [4.78, 5) is 13.0.